The van der Waals surface area contributed by atoms with Crippen molar-refractivity contribution in [1.29, 1.82) is 5.26 Å². The summed E-state index contributed by atoms with van der Waals surface area (Å²) in [5.41, 5.74) is 0.643. The van der Waals surface area contributed by atoms with Crippen LogP contribution in [-0.2, 0) is 4.79 Å². The van der Waals surface area contributed by atoms with E-state index in [-0.39, 0.29) is 11.1 Å². The minimum atomic E-state index is -0.590. The number of methoxy groups -OCH3 is 1. The molecule has 146 valence electrons. The van der Waals surface area contributed by atoms with E-state index in [1.54, 1.807) is 43.3 Å². The number of carbonyl (C=O) groups is 1. The predicted molar refractivity (Wildman–Crippen MR) is 108 cm³/mol. The van der Waals surface area contributed by atoms with E-state index >= 15 is 0 Å². The molecule has 0 aliphatic heterocycles. The highest BCUT2D eigenvalue weighted by Crippen LogP contribution is 2.27. The first kappa shape index (κ1) is 20.0. The Bertz CT molecular complexity index is 1170. The Kier molecular flexibility index (Phi) is 6.16. The molecule has 0 spiro atoms. The summed E-state index contributed by atoms with van der Waals surface area (Å²) in [5, 5.41) is 12.8. The minimum absolute atomic E-state index is 0.135. The Morgan fingerprint density at radius 2 is 2.14 bits per heavy atom. The van der Waals surface area contributed by atoms with Crippen molar-refractivity contribution in [2.75, 3.05) is 12.4 Å². The molecule has 2 heterocycles. The summed E-state index contributed by atoms with van der Waals surface area (Å²) in [7, 11) is 1.49. The van der Waals surface area contributed by atoms with Crippen LogP contribution in [0.3, 0.4) is 0 Å². The number of aromatic amines is 1. The average Bonchev–Trinajstić information content (AvgIpc) is 3.12. The van der Waals surface area contributed by atoms with Gasteiger partial charge in [0.1, 0.15) is 23.2 Å². The second-order valence-corrected chi connectivity index (χ2v) is 6.77. The van der Waals surface area contributed by atoms with Crippen LogP contribution >= 0.6 is 11.8 Å². The molecule has 1 amide bonds. The van der Waals surface area contributed by atoms with Gasteiger partial charge in [0, 0.05) is 17.8 Å². The molecule has 29 heavy (non-hydrogen) atoms. The van der Waals surface area contributed by atoms with Gasteiger partial charge in [-0.25, -0.2) is 4.98 Å². The van der Waals surface area contributed by atoms with E-state index in [0.29, 0.717) is 33.1 Å². The van der Waals surface area contributed by atoms with Crippen molar-refractivity contribution in [3.05, 3.63) is 69.8 Å². The third kappa shape index (κ3) is 5.15. The van der Waals surface area contributed by atoms with E-state index in [9.17, 15) is 14.9 Å². The SMILES string of the molecule is COc1ccccc1NC(=O)/C(C#N)=C/c1ccc(Sc2nc(C)cc(=O)[nH]2)o1. The number of aromatic nitrogens is 2. The lowest BCUT2D eigenvalue weighted by molar-refractivity contribution is -0.112. The van der Waals surface area contributed by atoms with Gasteiger partial charge in [0.05, 0.1) is 12.8 Å². The first-order valence-corrected chi connectivity index (χ1v) is 9.22. The van der Waals surface area contributed by atoms with Gasteiger partial charge < -0.3 is 19.5 Å². The smallest absolute Gasteiger partial charge is 0.266 e. The Balaban J connectivity index is 1.76. The molecule has 1 aromatic carbocycles. The topological polar surface area (TPSA) is 121 Å². The summed E-state index contributed by atoms with van der Waals surface area (Å²) in [6.45, 7) is 1.72. The molecular weight excluding hydrogens is 392 g/mol. The molecule has 0 saturated carbocycles. The predicted octanol–water partition coefficient (Wildman–Crippen LogP) is 3.38. The number of nitrogens with zero attached hydrogens (tertiary/aromatic N) is 2. The second-order valence-electron chi connectivity index (χ2n) is 5.78. The summed E-state index contributed by atoms with van der Waals surface area (Å²) in [5.74, 6) is 0.205. The third-order valence-corrected chi connectivity index (χ3v) is 4.46. The molecule has 0 aliphatic rings. The van der Waals surface area contributed by atoms with Crippen LogP contribution in [0.1, 0.15) is 11.5 Å². The molecule has 9 heteroatoms. The number of ether oxygens (including phenoxy) is 1. The number of rotatable bonds is 6. The van der Waals surface area contributed by atoms with E-state index in [2.05, 4.69) is 15.3 Å². The Morgan fingerprint density at radius 3 is 2.86 bits per heavy atom. The van der Waals surface area contributed by atoms with E-state index in [4.69, 9.17) is 9.15 Å². The highest BCUT2D eigenvalue weighted by atomic mass is 32.2. The fourth-order valence-corrected chi connectivity index (χ4v) is 3.20. The lowest BCUT2D eigenvalue weighted by Gasteiger charge is -2.08. The Morgan fingerprint density at radius 1 is 1.34 bits per heavy atom. The number of hydrogen-bond donors (Lipinski definition) is 2. The van der Waals surface area contributed by atoms with Crippen molar-refractivity contribution in [2.24, 2.45) is 0 Å². The zero-order valence-electron chi connectivity index (χ0n) is 15.6. The number of nitriles is 1. The van der Waals surface area contributed by atoms with Crippen molar-refractivity contribution in [3.8, 4) is 11.8 Å². The standard InChI is InChI=1S/C20H16N4O4S/c1-12-9-17(25)24-20(22-12)29-18-8-7-14(28-18)10-13(11-21)19(26)23-15-5-3-4-6-16(15)27-2/h3-10H,1-2H3,(H,23,26)(H,22,24,25)/b13-10+. The van der Waals surface area contributed by atoms with Gasteiger partial charge in [-0.1, -0.05) is 12.1 Å². The minimum Gasteiger partial charge on any atom is -0.495 e. The zero-order chi connectivity index (χ0) is 20.8. The van der Waals surface area contributed by atoms with Gasteiger partial charge in [-0.05, 0) is 43.0 Å². The molecule has 2 aromatic heterocycles. The third-order valence-electron chi connectivity index (χ3n) is 3.65. The van der Waals surface area contributed by atoms with E-state index in [0.717, 1.165) is 11.8 Å². The summed E-state index contributed by atoms with van der Waals surface area (Å²) >= 11 is 1.12. The maximum atomic E-state index is 12.4. The largest absolute Gasteiger partial charge is 0.495 e. The van der Waals surface area contributed by atoms with Crippen molar-refractivity contribution >= 4 is 29.4 Å². The van der Waals surface area contributed by atoms with Crippen LogP contribution in [0.15, 0.2) is 67.5 Å². The van der Waals surface area contributed by atoms with E-state index in [1.165, 1.54) is 19.3 Å². The van der Waals surface area contributed by atoms with Crippen LogP contribution in [-0.4, -0.2) is 23.0 Å². The maximum absolute atomic E-state index is 12.4. The van der Waals surface area contributed by atoms with Gasteiger partial charge in [0.25, 0.3) is 11.5 Å². The van der Waals surface area contributed by atoms with Gasteiger partial charge in [-0.2, -0.15) is 5.26 Å². The molecule has 8 nitrogen and oxygen atoms in total. The monoisotopic (exact) mass is 408 g/mol. The molecule has 0 bridgehead atoms. The molecule has 3 aromatic rings. The lowest BCUT2D eigenvalue weighted by atomic mass is 10.2. The molecule has 0 radical (unpaired) electrons. The summed E-state index contributed by atoms with van der Waals surface area (Å²) in [4.78, 5) is 30.8. The number of anilines is 1. The fourth-order valence-electron chi connectivity index (χ4n) is 2.39. The van der Waals surface area contributed by atoms with Gasteiger partial charge in [0.2, 0.25) is 0 Å². The maximum Gasteiger partial charge on any atom is 0.266 e. The highest BCUT2D eigenvalue weighted by molar-refractivity contribution is 7.99. The van der Waals surface area contributed by atoms with Crippen LogP contribution in [0.5, 0.6) is 5.75 Å². The van der Waals surface area contributed by atoms with Crippen LogP contribution < -0.4 is 15.6 Å². The summed E-state index contributed by atoms with van der Waals surface area (Å²) in [6.07, 6.45) is 1.33. The van der Waals surface area contributed by atoms with E-state index < -0.39 is 5.91 Å². The normalized spacial score (nSPS) is 11.0. The van der Waals surface area contributed by atoms with Crippen molar-refractivity contribution in [2.45, 2.75) is 17.2 Å². The number of amides is 1. The molecule has 0 fully saturated rings. The molecule has 3 rings (SSSR count). The second kappa shape index (κ2) is 8.95. The Labute approximate surface area is 170 Å². The average molecular weight is 408 g/mol. The number of furan rings is 1. The number of nitrogens with one attached hydrogen (secondary N) is 2. The zero-order valence-corrected chi connectivity index (χ0v) is 16.4. The number of hydrogen-bond acceptors (Lipinski definition) is 7. The first-order chi connectivity index (χ1) is 14.0. The van der Waals surface area contributed by atoms with Crippen molar-refractivity contribution < 1.29 is 13.9 Å². The van der Waals surface area contributed by atoms with Gasteiger partial charge in [-0.3, -0.25) is 9.59 Å². The molecular formula is C20H16N4O4S. The fraction of sp³-hybridized carbons (Fsp3) is 0.100. The molecule has 0 aliphatic carbocycles. The quantitative estimate of drug-likeness (QED) is 0.364. The molecule has 0 atom stereocenters. The Hall–Kier alpha value is -3.77. The van der Waals surface area contributed by atoms with Crippen molar-refractivity contribution in [3.63, 3.8) is 0 Å². The lowest BCUT2D eigenvalue weighted by Crippen LogP contribution is -2.14. The van der Waals surface area contributed by atoms with Crippen LogP contribution in [0.25, 0.3) is 6.08 Å². The number of carbonyl (C=O) groups excluding carboxylic acids is 1. The molecule has 0 unspecified atom stereocenters. The number of benzene rings is 1. The summed E-state index contributed by atoms with van der Waals surface area (Å²) in [6, 6.07) is 13.4. The highest BCUT2D eigenvalue weighted by Gasteiger charge is 2.13. The number of aryl methyl sites for hydroxylation is 1. The number of para-hydroxylation sites is 2. The van der Waals surface area contributed by atoms with Gasteiger partial charge in [0.15, 0.2) is 10.2 Å². The van der Waals surface area contributed by atoms with Crippen LogP contribution in [0, 0.1) is 18.3 Å². The van der Waals surface area contributed by atoms with Crippen LogP contribution in [0.2, 0.25) is 0 Å². The van der Waals surface area contributed by atoms with Crippen LogP contribution in [0.4, 0.5) is 5.69 Å². The molecule has 2 N–H and O–H groups in total. The van der Waals surface area contributed by atoms with Gasteiger partial charge >= 0.3 is 0 Å². The molecule has 0 saturated heterocycles. The number of H-pyrrole nitrogens is 1. The summed E-state index contributed by atoms with van der Waals surface area (Å²) < 4.78 is 10.8. The van der Waals surface area contributed by atoms with E-state index in [1.807, 2.05) is 6.07 Å². The van der Waals surface area contributed by atoms with Gasteiger partial charge in [-0.15, -0.1) is 0 Å². The van der Waals surface area contributed by atoms with Crippen molar-refractivity contribution in [1.82, 2.24) is 9.97 Å². The first-order valence-electron chi connectivity index (χ1n) is 8.40.